The van der Waals surface area contributed by atoms with Crippen molar-refractivity contribution in [3.63, 3.8) is 0 Å². The maximum atomic E-state index is 12.5. The van der Waals surface area contributed by atoms with E-state index in [-0.39, 0.29) is 17.9 Å². The molecule has 0 aromatic heterocycles. The van der Waals surface area contributed by atoms with Crippen molar-refractivity contribution in [3.05, 3.63) is 34.3 Å². The molecule has 4 nitrogen and oxygen atoms in total. The Morgan fingerprint density at radius 1 is 1.50 bits per heavy atom. The summed E-state index contributed by atoms with van der Waals surface area (Å²) in [7, 11) is 1.85. The third kappa shape index (κ3) is 3.81. The highest BCUT2D eigenvalue weighted by atomic mass is 79.9. The minimum Gasteiger partial charge on any atom is -0.379 e. The molecular formula is C15H21BrN2O2. The summed E-state index contributed by atoms with van der Waals surface area (Å²) in [5, 5.41) is 3.32. The lowest BCUT2D eigenvalue weighted by molar-refractivity contribution is -0.135. The Morgan fingerprint density at radius 2 is 2.30 bits per heavy atom. The number of likely N-dealkylation sites (N-methyl/N-ethyl adjacent to an activating group) is 1. The molecule has 0 radical (unpaired) electrons. The van der Waals surface area contributed by atoms with Crippen LogP contribution in [0, 0.1) is 5.92 Å². The van der Waals surface area contributed by atoms with Crippen LogP contribution < -0.4 is 5.32 Å². The lowest BCUT2D eigenvalue weighted by atomic mass is 10.0. The molecule has 1 heterocycles. The molecule has 2 atom stereocenters. The molecule has 0 aliphatic carbocycles. The average molecular weight is 341 g/mol. The van der Waals surface area contributed by atoms with E-state index < -0.39 is 0 Å². The molecule has 1 aromatic rings. The predicted molar refractivity (Wildman–Crippen MR) is 82.4 cm³/mol. The van der Waals surface area contributed by atoms with Crippen LogP contribution in [0.1, 0.15) is 12.5 Å². The van der Waals surface area contributed by atoms with Crippen molar-refractivity contribution in [2.75, 3.05) is 26.8 Å². The minimum absolute atomic E-state index is 0.0768. The second kappa shape index (κ2) is 7.20. The molecule has 1 fully saturated rings. The third-order valence-corrected chi connectivity index (χ3v) is 4.04. The zero-order valence-electron chi connectivity index (χ0n) is 11.9. The highest BCUT2D eigenvalue weighted by Crippen LogP contribution is 2.18. The van der Waals surface area contributed by atoms with Gasteiger partial charge < -0.3 is 15.0 Å². The molecule has 0 saturated carbocycles. The third-order valence-electron chi connectivity index (χ3n) is 3.55. The van der Waals surface area contributed by atoms with Gasteiger partial charge in [0.05, 0.1) is 19.1 Å². The van der Waals surface area contributed by atoms with Gasteiger partial charge >= 0.3 is 0 Å². The van der Waals surface area contributed by atoms with Gasteiger partial charge in [-0.3, -0.25) is 4.79 Å². The average Bonchev–Trinajstić information content (AvgIpc) is 2.86. The molecule has 0 bridgehead atoms. The molecule has 1 saturated heterocycles. The number of rotatable bonds is 5. The lowest BCUT2D eigenvalue weighted by Crippen LogP contribution is -2.44. The summed E-state index contributed by atoms with van der Waals surface area (Å²) >= 11 is 3.45. The van der Waals surface area contributed by atoms with Crippen molar-refractivity contribution in [1.29, 1.82) is 0 Å². The maximum Gasteiger partial charge on any atom is 0.229 e. The van der Waals surface area contributed by atoms with Crippen molar-refractivity contribution >= 4 is 21.8 Å². The van der Waals surface area contributed by atoms with E-state index in [0.29, 0.717) is 19.8 Å². The Morgan fingerprint density at radius 3 is 3.00 bits per heavy atom. The minimum atomic E-state index is -0.0768. The SMILES string of the molecule is CCNC1COCC1C(=O)N(C)Cc1cccc(Br)c1. The first kappa shape index (κ1) is 15.5. The van der Waals surface area contributed by atoms with E-state index in [1.165, 1.54) is 0 Å². The molecule has 1 aliphatic rings. The van der Waals surface area contributed by atoms with E-state index in [9.17, 15) is 4.79 Å². The number of amides is 1. The van der Waals surface area contributed by atoms with Gasteiger partial charge in [-0.15, -0.1) is 0 Å². The molecular weight excluding hydrogens is 320 g/mol. The Balaban J connectivity index is 1.98. The highest BCUT2D eigenvalue weighted by Gasteiger charge is 2.35. The lowest BCUT2D eigenvalue weighted by Gasteiger charge is -2.24. The first-order chi connectivity index (χ1) is 9.61. The van der Waals surface area contributed by atoms with Crippen LogP contribution in [-0.4, -0.2) is 43.7 Å². The number of hydrogen-bond donors (Lipinski definition) is 1. The van der Waals surface area contributed by atoms with E-state index in [2.05, 4.69) is 21.2 Å². The van der Waals surface area contributed by atoms with E-state index in [1.54, 1.807) is 4.90 Å². The number of halogens is 1. The van der Waals surface area contributed by atoms with Gasteiger partial charge in [0.15, 0.2) is 0 Å². The summed E-state index contributed by atoms with van der Waals surface area (Å²) in [6.07, 6.45) is 0. The van der Waals surface area contributed by atoms with Crippen molar-refractivity contribution < 1.29 is 9.53 Å². The van der Waals surface area contributed by atoms with E-state index in [4.69, 9.17) is 4.74 Å². The number of carbonyl (C=O) groups excluding carboxylic acids is 1. The van der Waals surface area contributed by atoms with Crippen molar-refractivity contribution in [1.82, 2.24) is 10.2 Å². The van der Waals surface area contributed by atoms with E-state index in [0.717, 1.165) is 16.6 Å². The van der Waals surface area contributed by atoms with Gasteiger partial charge in [-0.2, -0.15) is 0 Å². The van der Waals surface area contributed by atoms with E-state index in [1.807, 2.05) is 38.2 Å². The van der Waals surface area contributed by atoms with Crippen LogP contribution in [-0.2, 0) is 16.1 Å². The molecule has 2 unspecified atom stereocenters. The fraction of sp³-hybridized carbons (Fsp3) is 0.533. The largest absolute Gasteiger partial charge is 0.379 e. The first-order valence-electron chi connectivity index (χ1n) is 6.92. The summed E-state index contributed by atoms with van der Waals surface area (Å²) in [5.41, 5.74) is 1.12. The Kier molecular flexibility index (Phi) is 5.57. The summed E-state index contributed by atoms with van der Waals surface area (Å²) in [5.74, 6) is 0.0699. The smallest absolute Gasteiger partial charge is 0.229 e. The van der Waals surface area contributed by atoms with Crippen LogP contribution in [0.25, 0.3) is 0 Å². The summed E-state index contributed by atoms with van der Waals surface area (Å²) < 4.78 is 6.48. The number of carbonyl (C=O) groups is 1. The molecule has 1 aromatic carbocycles. The fourth-order valence-corrected chi connectivity index (χ4v) is 2.98. The quantitative estimate of drug-likeness (QED) is 0.891. The zero-order valence-corrected chi connectivity index (χ0v) is 13.5. The fourth-order valence-electron chi connectivity index (χ4n) is 2.53. The van der Waals surface area contributed by atoms with Gasteiger partial charge in [0.25, 0.3) is 0 Å². The second-order valence-electron chi connectivity index (χ2n) is 5.13. The zero-order chi connectivity index (χ0) is 14.5. The van der Waals surface area contributed by atoms with Gasteiger partial charge in [0, 0.05) is 24.1 Å². The molecule has 2 rings (SSSR count). The molecule has 5 heteroatoms. The number of ether oxygens (including phenoxy) is 1. The van der Waals surface area contributed by atoms with Crippen LogP contribution in [0.5, 0.6) is 0 Å². The van der Waals surface area contributed by atoms with Crippen LogP contribution in [0.2, 0.25) is 0 Å². The van der Waals surface area contributed by atoms with Gasteiger partial charge in [0.1, 0.15) is 0 Å². The maximum absolute atomic E-state index is 12.5. The van der Waals surface area contributed by atoms with Crippen LogP contribution in [0.3, 0.4) is 0 Å². The topological polar surface area (TPSA) is 41.6 Å². The molecule has 0 spiro atoms. The number of benzene rings is 1. The second-order valence-corrected chi connectivity index (χ2v) is 6.05. The summed E-state index contributed by atoms with van der Waals surface area (Å²) in [6, 6.07) is 8.17. The molecule has 20 heavy (non-hydrogen) atoms. The van der Waals surface area contributed by atoms with E-state index >= 15 is 0 Å². The van der Waals surface area contributed by atoms with Gasteiger partial charge in [-0.1, -0.05) is 35.0 Å². The Bertz CT molecular complexity index is 467. The van der Waals surface area contributed by atoms with Crippen LogP contribution >= 0.6 is 15.9 Å². The predicted octanol–water partition coefficient (Wildman–Crippen LogP) is 2.03. The molecule has 110 valence electrons. The Labute approximate surface area is 128 Å². The van der Waals surface area contributed by atoms with Crippen LogP contribution in [0.4, 0.5) is 0 Å². The van der Waals surface area contributed by atoms with Gasteiger partial charge in [-0.05, 0) is 24.2 Å². The number of hydrogen-bond acceptors (Lipinski definition) is 3. The standard InChI is InChI=1S/C15H21BrN2O2/c1-3-17-14-10-20-9-13(14)15(19)18(2)8-11-5-4-6-12(16)7-11/h4-7,13-14,17H,3,8-10H2,1-2H3. The molecule has 1 amide bonds. The molecule has 1 N–H and O–H groups in total. The van der Waals surface area contributed by atoms with Crippen molar-refractivity contribution in [3.8, 4) is 0 Å². The number of nitrogens with zero attached hydrogens (tertiary/aromatic N) is 1. The van der Waals surface area contributed by atoms with Gasteiger partial charge in [-0.25, -0.2) is 0 Å². The van der Waals surface area contributed by atoms with Crippen molar-refractivity contribution in [2.45, 2.75) is 19.5 Å². The highest BCUT2D eigenvalue weighted by molar-refractivity contribution is 9.10. The normalized spacial score (nSPS) is 21.9. The summed E-state index contributed by atoms with van der Waals surface area (Å²) in [6.45, 7) is 4.65. The first-order valence-corrected chi connectivity index (χ1v) is 7.71. The van der Waals surface area contributed by atoms with Gasteiger partial charge in [0.2, 0.25) is 5.91 Å². The van der Waals surface area contributed by atoms with Crippen LogP contribution in [0.15, 0.2) is 28.7 Å². The Hall–Kier alpha value is -0.910. The van der Waals surface area contributed by atoms with Crippen molar-refractivity contribution in [2.24, 2.45) is 5.92 Å². The summed E-state index contributed by atoms with van der Waals surface area (Å²) in [4.78, 5) is 14.3. The molecule has 1 aliphatic heterocycles. The number of nitrogens with one attached hydrogen (secondary N) is 1. The monoisotopic (exact) mass is 340 g/mol.